The van der Waals surface area contributed by atoms with Gasteiger partial charge >= 0.3 is 5.97 Å². The maximum Gasteiger partial charge on any atom is 0.338 e. The minimum atomic E-state index is -0.858. The molecule has 3 heterocycles. The van der Waals surface area contributed by atoms with Crippen LogP contribution in [0.25, 0.3) is 6.08 Å². The summed E-state index contributed by atoms with van der Waals surface area (Å²) < 4.78 is 30.8. The fourth-order valence-electron chi connectivity index (χ4n) is 4.60. The van der Waals surface area contributed by atoms with Crippen molar-refractivity contribution in [3.05, 3.63) is 95.3 Å². The van der Waals surface area contributed by atoms with Crippen molar-refractivity contribution in [2.75, 3.05) is 27.9 Å². The van der Waals surface area contributed by atoms with Crippen molar-refractivity contribution in [3.8, 4) is 17.2 Å². The zero-order chi connectivity index (χ0) is 30.0. The topological polar surface area (TPSA) is 101 Å². The maximum atomic E-state index is 14.0. The predicted molar refractivity (Wildman–Crippen MR) is 163 cm³/mol. The molecule has 1 aliphatic rings. The Hall–Kier alpha value is -3.74. The number of ether oxygens (including phenoxy) is 4. The molecule has 2 aromatic heterocycles. The van der Waals surface area contributed by atoms with E-state index in [-0.39, 0.29) is 17.7 Å². The Labute approximate surface area is 258 Å². The molecule has 0 saturated carbocycles. The average molecular weight is 672 g/mol. The highest BCUT2D eigenvalue weighted by Crippen LogP contribution is 2.42. The Morgan fingerprint density at radius 3 is 2.43 bits per heavy atom. The van der Waals surface area contributed by atoms with Crippen LogP contribution in [0.2, 0.25) is 0 Å². The van der Waals surface area contributed by atoms with Crippen LogP contribution in [0.5, 0.6) is 17.2 Å². The van der Waals surface area contributed by atoms with Gasteiger partial charge < -0.3 is 23.4 Å². The van der Waals surface area contributed by atoms with Gasteiger partial charge in [-0.05, 0) is 65.7 Å². The highest BCUT2D eigenvalue weighted by atomic mass is 79.9. The van der Waals surface area contributed by atoms with Gasteiger partial charge in [-0.25, -0.2) is 9.79 Å². The van der Waals surface area contributed by atoms with Crippen LogP contribution in [-0.4, -0.2) is 38.5 Å². The first kappa shape index (κ1) is 29.7. The Bertz CT molecular complexity index is 1830. The summed E-state index contributed by atoms with van der Waals surface area (Å²) in [5, 5.41) is 0.663. The van der Waals surface area contributed by atoms with Crippen LogP contribution in [0.4, 0.5) is 0 Å². The van der Waals surface area contributed by atoms with Crippen molar-refractivity contribution in [2.24, 2.45) is 4.99 Å². The van der Waals surface area contributed by atoms with Gasteiger partial charge in [-0.2, -0.15) is 0 Å². The molecule has 0 spiro atoms. The van der Waals surface area contributed by atoms with Gasteiger partial charge in [0.2, 0.25) is 5.75 Å². The number of carbonyl (C=O) groups is 1. The first-order valence-corrected chi connectivity index (χ1v) is 15.2. The Morgan fingerprint density at radius 1 is 1.12 bits per heavy atom. The van der Waals surface area contributed by atoms with Crippen molar-refractivity contribution in [1.29, 1.82) is 0 Å². The first-order valence-electron chi connectivity index (χ1n) is 12.8. The molecule has 5 rings (SSSR count). The third-order valence-corrected chi connectivity index (χ3v) is 9.25. The molecule has 218 valence electrons. The zero-order valence-corrected chi connectivity index (χ0v) is 26.6. The molecule has 1 aliphatic heterocycles. The van der Waals surface area contributed by atoms with Crippen molar-refractivity contribution in [2.45, 2.75) is 29.9 Å². The second-order valence-electron chi connectivity index (χ2n) is 8.96. The summed E-state index contributed by atoms with van der Waals surface area (Å²) in [7, 11) is 4.52. The van der Waals surface area contributed by atoms with E-state index in [9.17, 15) is 9.59 Å². The number of aromatic nitrogens is 1. The van der Waals surface area contributed by atoms with E-state index in [1.807, 2.05) is 36.4 Å². The van der Waals surface area contributed by atoms with Gasteiger partial charge in [-0.1, -0.05) is 41.3 Å². The van der Waals surface area contributed by atoms with Crippen molar-refractivity contribution >= 4 is 51.1 Å². The summed E-state index contributed by atoms with van der Waals surface area (Å²) in [5.41, 5.74) is 0.919. The third kappa shape index (κ3) is 5.66. The lowest BCUT2D eigenvalue weighted by Crippen LogP contribution is -2.40. The zero-order valence-electron chi connectivity index (χ0n) is 23.4. The largest absolute Gasteiger partial charge is 0.493 e. The van der Waals surface area contributed by atoms with Gasteiger partial charge in [0.25, 0.3) is 5.56 Å². The lowest BCUT2D eigenvalue weighted by Gasteiger charge is -2.26. The molecular weight excluding hydrogens is 644 g/mol. The number of thiazole rings is 1. The van der Waals surface area contributed by atoms with E-state index in [4.69, 9.17) is 23.4 Å². The van der Waals surface area contributed by atoms with Crippen LogP contribution in [0, 0.1) is 0 Å². The Morgan fingerprint density at radius 2 is 1.81 bits per heavy atom. The van der Waals surface area contributed by atoms with Gasteiger partial charge in [0.1, 0.15) is 5.76 Å². The maximum absolute atomic E-state index is 14.0. The minimum absolute atomic E-state index is 0.165. The summed E-state index contributed by atoms with van der Waals surface area (Å²) in [5.74, 6) is 1.09. The summed E-state index contributed by atoms with van der Waals surface area (Å²) in [6, 6.07) is 14.2. The van der Waals surface area contributed by atoms with Crippen LogP contribution >= 0.6 is 39.0 Å². The van der Waals surface area contributed by atoms with E-state index in [1.165, 1.54) is 49.0 Å². The lowest BCUT2D eigenvalue weighted by atomic mass is 9.95. The highest BCUT2D eigenvalue weighted by molar-refractivity contribution is 9.10. The predicted octanol–water partition coefficient (Wildman–Crippen LogP) is 5.33. The Kier molecular flexibility index (Phi) is 8.95. The number of fused-ring (bicyclic) bond motifs is 1. The van der Waals surface area contributed by atoms with Crippen LogP contribution in [-0.2, 0) is 9.53 Å². The van der Waals surface area contributed by atoms with Gasteiger partial charge in [-0.3, -0.25) is 9.36 Å². The molecule has 0 fully saturated rings. The van der Waals surface area contributed by atoms with Gasteiger partial charge in [-0.15, -0.1) is 0 Å². The molecule has 12 heteroatoms. The molecule has 2 aromatic carbocycles. The molecule has 0 aliphatic carbocycles. The number of esters is 1. The monoisotopic (exact) mass is 670 g/mol. The molecule has 4 aromatic rings. The summed E-state index contributed by atoms with van der Waals surface area (Å²) in [6.45, 7) is 3.62. The third-order valence-electron chi connectivity index (χ3n) is 6.42. The molecule has 0 bridgehead atoms. The highest BCUT2D eigenvalue weighted by Gasteiger charge is 2.34. The van der Waals surface area contributed by atoms with Crippen LogP contribution < -0.4 is 29.1 Å². The van der Waals surface area contributed by atoms with Gasteiger partial charge in [0.05, 0.1) is 54.3 Å². The van der Waals surface area contributed by atoms with Crippen molar-refractivity contribution < 1.29 is 28.2 Å². The fourth-order valence-corrected chi connectivity index (χ4v) is 6.98. The number of carbonyl (C=O) groups excluding carboxylic acids is 1. The molecule has 0 radical (unpaired) electrons. The fraction of sp³-hybridized carbons (Fsp3) is 0.233. The van der Waals surface area contributed by atoms with Crippen LogP contribution in [0.15, 0.2) is 88.5 Å². The molecule has 1 atom stereocenters. The molecule has 0 saturated heterocycles. The lowest BCUT2D eigenvalue weighted by molar-refractivity contribution is -0.139. The average Bonchev–Trinajstić information content (AvgIpc) is 3.48. The van der Waals surface area contributed by atoms with E-state index in [0.717, 1.165) is 9.37 Å². The number of hydrogen-bond acceptors (Lipinski definition) is 10. The molecular formula is C30H27BrN2O7S2. The second kappa shape index (κ2) is 12.6. The number of rotatable bonds is 9. The number of hydrogen-bond donors (Lipinski definition) is 0. The van der Waals surface area contributed by atoms with Gasteiger partial charge in [0, 0.05) is 11.0 Å². The minimum Gasteiger partial charge on any atom is -0.493 e. The standard InChI is InChI=1S/C30H27BrN2O7S2/c1-6-39-28(35)24-16(2)32-30-33(25(24)17-12-21(36-3)26(38-5)22(13-17)37-4)27(34)23(42-30)15-18-14-20(31)29(40-18)41-19-10-8-7-9-11-19/h7-15,25H,6H2,1-5H3/b23-15+/t25-/m1/s1. The van der Waals surface area contributed by atoms with E-state index in [0.29, 0.717) is 48.7 Å². The summed E-state index contributed by atoms with van der Waals surface area (Å²) in [4.78, 5) is 33.4. The van der Waals surface area contributed by atoms with Crippen LogP contribution in [0.1, 0.15) is 31.2 Å². The second-order valence-corrected chi connectivity index (χ2v) is 11.9. The smallest absolute Gasteiger partial charge is 0.338 e. The number of furan rings is 1. The summed E-state index contributed by atoms with van der Waals surface area (Å²) in [6.07, 6.45) is 1.68. The van der Waals surface area contributed by atoms with E-state index in [1.54, 1.807) is 32.1 Å². The molecule has 0 amide bonds. The van der Waals surface area contributed by atoms with E-state index in [2.05, 4.69) is 20.9 Å². The molecule has 42 heavy (non-hydrogen) atoms. The normalized spacial score (nSPS) is 14.8. The number of benzene rings is 2. The Balaban J connectivity index is 1.67. The summed E-state index contributed by atoms with van der Waals surface area (Å²) >= 11 is 6.24. The van der Waals surface area contributed by atoms with E-state index >= 15 is 0 Å². The molecule has 9 nitrogen and oxygen atoms in total. The quantitative estimate of drug-likeness (QED) is 0.220. The van der Waals surface area contributed by atoms with Gasteiger partial charge in [0.15, 0.2) is 21.4 Å². The van der Waals surface area contributed by atoms with Crippen molar-refractivity contribution in [3.63, 3.8) is 0 Å². The number of nitrogens with zero attached hydrogens (tertiary/aromatic N) is 2. The first-order chi connectivity index (χ1) is 20.3. The van der Waals surface area contributed by atoms with Crippen LogP contribution in [0.3, 0.4) is 0 Å². The molecule has 0 unspecified atom stereocenters. The van der Waals surface area contributed by atoms with E-state index < -0.39 is 12.0 Å². The number of allylic oxidation sites excluding steroid dienone is 1. The SMILES string of the molecule is CCOC(=O)C1=C(C)N=c2s/c(=C/c3cc(Br)c(Sc4ccccc4)o3)c(=O)n2[C@@H]1c1cc(OC)c(OC)c(OC)c1. The molecule has 0 N–H and O–H groups in total. The number of methoxy groups -OCH3 is 3. The van der Waals surface area contributed by atoms with Crippen molar-refractivity contribution in [1.82, 2.24) is 4.57 Å². The number of halogens is 1.